The zero-order chi connectivity index (χ0) is 16.6. The van der Waals surface area contributed by atoms with E-state index in [-0.39, 0.29) is 11.6 Å². The second-order valence-electron chi connectivity index (χ2n) is 4.71. The summed E-state index contributed by atoms with van der Waals surface area (Å²) in [6.07, 6.45) is 1.55. The number of benzene rings is 1. The van der Waals surface area contributed by atoms with Crippen LogP contribution in [0.5, 0.6) is 0 Å². The molecular weight excluding hydrogens is 326 g/mol. The molecule has 6 nitrogen and oxygen atoms in total. The van der Waals surface area contributed by atoms with Gasteiger partial charge in [0.15, 0.2) is 11.6 Å². The molecule has 1 N–H and O–H groups in total. The summed E-state index contributed by atoms with van der Waals surface area (Å²) in [5.41, 5.74) is -0.0664. The lowest BCUT2D eigenvalue weighted by atomic mass is 10.3. The molecule has 0 atom stereocenters. The van der Waals surface area contributed by atoms with E-state index in [9.17, 15) is 17.2 Å². The standard InChI is InChI=1S/C14H12F2N4O2S/c1-2-20(13-5-3-4-6-17-13)14-18-11-7-9(15)10(16)8-12(11)23(21,22)19-14/h3-8H,2H2,1H3,(H,18,19). The highest BCUT2D eigenvalue weighted by molar-refractivity contribution is 7.90. The maximum absolute atomic E-state index is 13.4. The fourth-order valence-electron chi connectivity index (χ4n) is 2.20. The number of sulfonamides is 1. The molecule has 0 fully saturated rings. The van der Waals surface area contributed by atoms with Crippen LogP contribution in [0.3, 0.4) is 0 Å². The number of pyridine rings is 1. The van der Waals surface area contributed by atoms with E-state index in [0.29, 0.717) is 18.4 Å². The van der Waals surface area contributed by atoms with Crippen LogP contribution < -0.4 is 10.2 Å². The summed E-state index contributed by atoms with van der Waals surface area (Å²) in [6, 6.07) is 6.55. The molecule has 120 valence electrons. The smallest absolute Gasteiger partial charge is 0.287 e. The predicted molar refractivity (Wildman–Crippen MR) is 81.9 cm³/mol. The van der Waals surface area contributed by atoms with Gasteiger partial charge < -0.3 is 5.32 Å². The molecule has 0 radical (unpaired) electrons. The first kappa shape index (κ1) is 15.3. The van der Waals surface area contributed by atoms with Crippen LogP contribution in [0.1, 0.15) is 6.92 Å². The SMILES string of the molecule is CCN(C1=NS(=O)(=O)c2cc(F)c(F)cc2N1)c1ccccn1. The third-order valence-corrected chi connectivity index (χ3v) is 4.56. The molecule has 1 aromatic heterocycles. The minimum absolute atomic E-state index is 0.0234. The van der Waals surface area contributed by atoms with E-state index >= 15 is 0 Å². The highest BCUT2D eigenvalue weighted by Gasteiger charge is 2.29. The quantitative estimate of drug-likeness (QED) is 0.910. The molecule has 23 heavy (non-hydrogen) atoms. The Labute approximate surface area is 131 Å². The van der Waals surface area contributed by atoms with Crippen molar-refractivity contribution in [1.82, 2.24) is 4.98 Å². The van der Waals surface area contributed by atoms with Crippen molar-refractivity contribution in [2.24, 2.45) is 4.40 Å². The van der Waals surface area contributed by atoms with Gasteiger partial charge in [-0.05, 0) is 25.1 Å². The largest absolute Gasteiger partial charge is 0.324 e. The number of nitrogens with one attached hydrogen (secondary N) is 1. The highest BCUT2D eigenvalue weighted by Crippen LogP contribution is 2.30. The van der Waals surface area contributed by atoms with Gasteiger partial charge in [-0.15, -0.1) is 4.40 Å². The zero-order valence-electron chi connectivity index (χ0n) is 12.0. The molecule has 0 saturated carbocycles. The molecule has 1 aliphatic heterocycles. The van der Waals surface area contributed by atoms with E-state index in [1.807, 2.05) is 0 Å². The third kappa shape index (κ3) is 2.74. The van der Waals surface area contributed by atoms with Gasteiger partial charge >= 0.3 is 0 Å². The van der Waals surface area contributed by atoms with Crippen LogP contribution in [0.15, 0.2) is 45.8 Å². The van der Waals surface area contributed by atoms with Crippen molar-refractivity contribution in [3.8, 4) is 0 Å². The maximum atomic E-state index is 13.4. The number of aromatic nitrogens is 1. The Hall–Kier alpha value is -2.55. The normalized spacial score (nSPS) is 15.3. The van der Waals surface area contributed by atoms with E-state index < -0.39 is 26.6 Å². The van der Waals surface area contributed by atoms with Crippen molar-refractivity contribution in [2.45, 2.75) is 11.8 Å². The van der Waals surface area contributed by atoms with Crippen molar-refractivity contribution in [3.05, 3.63) is 48.2 Å². The summed E-state index contributed by atoms with van der Waals surface area (Å²) in [5.74, 6) is -1.94. The first-order chi connectivity index (χ1) is 10.9. The lowest BCUT2D eigenvalue weighted by molar-refractivity contribution is 0.505. The van der Waals surface area contributed by atoms with Gasteiger partial charge in [-0.3, -0.25) is 4.90 Å². The Morgan fingerprint density at radius 1 is 1.22 bits per heavy atom. The van der Waals surface area contributed by atoms with Crippen molar-refractivity contribution >= 4 is 27.5 Å². The molecule has 0 aliphatic carbocycles. The van der Waals surface area contributed by atoms with E-state index in [1.165, 1.54) is 4.90 Å². The van der Waals surface area contributed by atoms with E-state index in [4.69, 9.17) is 0 Å². The molecular formula is C14H12F2N4O2S. The van der Waals surface area contributed by atoms with Gasteiger partial charge in [0.2, 0.25) is 5.96 Å². The van der Waals surface area contributed by atoms with Crippen LogP contribution in [0, 0.1) is 11.6 Å². The highest BCUT2D eigenvalue weighted by atomic mass is 32.2. The van der Waals surface area contributed by atoms with Gasteiger partial charge in [0.05, 0.1) is 5.69 Å². The third-order valence-electron chi connectivity index (χ3n) is 3.25. The van der Waals surface area contributed by atoms with Crippen LogP contribution in [-0.2, 0) is 10.0 Å². The summed E-state index contributed by atoms with van der Waals surface area (Å²) in [5, 5.41) is 2.72. The van der Waals surface area contributed by atoms with Crippen molar-refractivity contribution < 1.29 is 17.2 Å². The van der Waals surface area contributed by atoms with Crippen LogP contribution in [0.4, 0.5) is 20.3 Å². The number of rotatable bonds is 2. The molecule has 2 heterocycles. The Balaban J connectivity index is 2.09. The number of guanidine groups is 1. The molecule has 2 aromatic rings. The summed E-state index contributed by atoms with van der Waals surface area (Å²) in [4.78, 5) is 5.25. The molecule has 0 saturated heterocycles. The number of halogens is 2. The topological polar surface area (TPSA) is 74.7 Å². The van der Waals surface area contributed by atoms with Gasteiger partial charge in [-0.1, -0.05) is 6.07 Å². The molecule has 9 heteroatoms. The molecule has 1 aromatic carbocycles. The van der Waals surface area contributed by atoms with Crippen LogP contribution in [-0.4, -0.2) is 25.9 Å². The lowest BCUT2D eigenvalue weighted by Crippen LogP contribution is -2.39. The van der Waals surface area contributed by atoms with Gasteiger partial charge in [-0.25, -0.2) is 13.8 Å². The fourth-order valence-corrected chi connectivity index (χ4v) is 3.31. The number of hydrogen-bond acceptors (Lipinski definition) is 5. The van der Waals surface area contributed by atoms with Crippen molar-refractivity contribution in [3.63, 3.8) is 0 Å². The molecule has 0 spiro atoms. The van der Waals surface area contributed by atoms with Gasteiger partial charge in [0, 0.05) is 18.8 Å². The Kier molecular flexibility index (Phi) is 3.72. The molecule has 0 unspecified atom stereocenters. The van der Waals surface area contributed by atoms with E-state index in [1.54, 1.807) is 31.3 Å². The monoisotopic (exact) mass is 338 g/mol. The molecule has 3 rings (SSSR count). The Bertz CT molecular complexity index is 885. The molecule has 0 amide bonds. The summed E-state index contributed by atoms with van der Waals surface area (Å²) >= 11 is 0. The second kappa shape index (κ2) is 5.58. The van der Waals surface area contributed by atoms with Gasteiger partial charge in [0.25, 0.3) is 10.0 Å². The molecule has 0 bridgehead atoms. The van der Waals surface area contributed by atoms with Crippen LogP contribution in [0.2, 0.25) is 0 Å². The minimum Gasteiger partial charge on any atom is -0.324 e. The van der Waals surface area contributed by atoms with Crippen molar-refractivity contribution in [2.75, 3.05) is 16.8 Å². The summed E-state index contributed by atoms with van der Waals surface area (Å²) in [7, 11) is -4.14. The number of anilines is 2. The van der Waals surface area contributed by atoms with Gasteiger partial charge in [0.1, 0.15) is 10.7 Å². The van der Waals surface area contributed by atoms with E-state index in [0.717, 1.165) is 6.07 Å². The summed E-state index contributed by atoms with van der Waals surface area (Å²) < 4.78 is 54.8. The average Bonchev–Trinajstić information content (AvgIpc) is 2.51. The van der Waals surface area contributed by atoms with Crippen LogP contribution >= 0.6 is 0 Å². The summed E-state index contributed by atoms with van der Waals surface area (Å²) in [6.45, 7) is 2.16. The fraction of sp³-hybridized carbons (Fsp3) is 0.143. The Morgan fingerprint density at radius 2 is 1.96 bits per heavy atom. The first-order valence-electron chi connectivity index (χ1n) is 6.72. The zero-order valence-corrected chi connectivity index (χ0v) is 12.8. The maximum Gasteiger partial charge on any atom is 0.287 e. The number of fused-ring (bicyclic) bond motifs is 1. The van der Waals surface area contributed by atoms with E-state index in [2.05, 4.69) is 14.7 Å². The second-order valence-corrected chi connectivity index (χ2v) is 6.28. The Morgan fingerprint density at radius 3 is 2.61 bits per heavy atom. The van der Waals surface area contributed by atoms with Crippen LogP contribution in [0.25, 0.3) is 0 Å². The molecule has 1 aliphatic rings. The average molecular weight is 338 g/mol. The number of hydrogen-bond donors (Lipinski definition) is 1. The lowest BCUT2D eigenvalue weighted by Gasteiger charge is -2.27. The first-order valence-corrected chi connectivity index (χ1v) is 8.16. The number of nitrogens with zero attached hydrogens (tertiary/aromatic N) is 3. The van der Waals surface area contributed by atoms with Crippen molar-refractivity contribution in [1.29, 1.82) is 0 Å². The van der Waals surface area contributed by atoms with Gasteiger partial charge in [-0.2, -0.15) is 8.42 Å². The predicted octanol–water partition coefficient (Wildman–Crippen LogP) is 2.36. The minimum atomic E-state index is -4.14.